The van der Waals surface area contributed by atoms with Gasteiger partial charge in [-0.15, -0.1) is 0 Å². The maximum atomic E-state index is 10.0. The second-order valence-corrected chi connectivity index (χ2v) is 5.97. The Morgan fingerprint density at radius 3 is 1.37 bits per heavy atom. The summed E-state index contributed by atoms with van der Waals surface area (Å²) in [6, 6.07) is 0. The van der Waals surface area contributed by atoms with E-state index in [0.717, 1.165) is 44.6 Å². The molecular weight excluding hydrogens is 384 g/mol. The molecule has 0 heterocycles. The molecule has 0 aliphatic rings. The lowest BCUT2D eigenvalue weighted by Gasteiger charge is -2.08. The molecular formula is C23H56N2O5. The van der Waals surface area contributed by atoms with Crippen molar-refractivity contribution in [1.82, 2.24) is 4.90 Å². The van der Waals surface area contributed by atoms with Crippen molar-refractivity contribution in [2.24, 2.45) is 11.7 Å². The van der Waals surface area contributed by atoms with E-state index in [9.17, 15) is 4.79 Å². The summed E-state index contributed by atoms with van der Waals surface area (Å²) in [7, 11) is 3.26. The highest BCUT2D eigenvalue weighted by atomic mass is 16.3. The third-order valence-electron chi connectivity index (χ3n) is 2.36. The maximum Gasteiger partial charge on any atom is 0.373 e. The Kier molecular flexibility index (Phi) is 110. The fraction of sp³-hybridized carbons (Fsp3) is 0.913. The van der Waals surface area contributed by atoms with Crippen LogP contribution >= 0.6 is 0 Å². The van der Waals surface area contributed by atoms with Crippen LogP contribution in [0.1, 0.15) is 100 Å². The monoisotopic (exact) mass is 440 g/mol. The van der Waals surface area contributed by atoms with Gasteiger partial charge in [0.05, 0.1) is 0 Å². The predicted molar refractivity (Wildman–Crippen MR) is 129 cm³/mol. The van der Waals surface area contributed by atoms with E-state index in [1.165, 1.54) is 26.3 Å². The number of hydrogen-bond donors (Lipinski definition) is 3. The number of nitrogens with zero attached hydrogens (tertiary/aromatic N) is 1. The predicted octanol–water partition coefficient (Wildman–Crippen LogP) is 4.50. The van der Waals surface area contributed by atoms with Gasteiger partial charge in [-0.25, -0.2) is 0 Å². The summed E-state index contributed by atoms with van der Waals surface area (Å²) in [5, 5.41) is 16.7. The normalized spacial score (nSPS) is 7.40. The first-order valence-electron chi connectivity index (χ1n) is 11.3. The summed E-state index contributed by atoms with van der Waals surface area (Å²) in [4.78, 5) is 27.9. The Morgan fingerprint density at radius 2 is 1.13 bits per heavy atom. The molecule has 0 unspecified atom stereocenters. The van der Waals surface area contributed by atoms with Crippen LogP contribution in [0.2, 0.25) is 0 Å². The van der Waals surface area contributed by atoms with Crippen LogP contribution in [0, 0.1) is 5.92 Å². The number of carbonyl (C=O) groups excluding carboxylic acids is 3. The van der Waals surface area contributed by atoms with Crippen LogP contribution in [0.4, 0.5) is 0 Å². The van der Waals surface area contributed by atoms with Gasteiger partial charge in [0.1, 0.15) is 0 Å². The zero-order valence-corrected chi connectivity index (χ0v) is 21.9. The zero-order valence-electron chi connectivity index (χ0n) is 21.9. The van der Waals surface area contributed by atoms with Crippen molar-refractivity contribution in [1.29, 1.82) is 0 Å². The average molecular weight is 441 g/mol. The second-order valence-electron chi connectivity index (χ2n) is 5.97. The molecule has 188 valence electrons. The molecule has 0 spiro atoms. The Balaban J connectivity index is -0.0000000463. The van der Waals surface area contributed by atoms with Gasteiger partial charge in [-0.2, -0.15) is 9.59 Å². The largest absolute Gasteiger partial charge is 0.396 e. The number of hydrogen-bond acceptors (Lipinski definition) is 6. The molecule has 4 N–H and O–H groups in total. The fourth-order valence-electron chi connectivity index (χ4n) is 1.24. The standard InChI is InChI=1S/C7H15NO2.C6H14O.C4H10.2C2H6.CH5N.CO2/c1-8(7-10)5-3-2-4-6-9;1-2-3-4-5-6-7;1-4(2)3;3*1-2;2-1-3/h7,9H,2-6H2,1H3;7H,2-6H2,1H3;4H,1-3H3;2*1-2H3;2H2,1H3;. The van der Waals surface area contributed by atoms with E-state index in [2.05, 4.69) is 33.4 Å². The molecule has 30 heavy (non-hydrogen) atoms. The van der Waals surface area contributed by atoms with Crippen LogP contribution in [0.5, 0.6) is 0 Å². The lowest BCUT2D eigenvalue weighted by Crippen LogP contribution is -2.16. The van der Waals surface area contributed by atoms with Gasteiger partial charge in [0, 0.05) is 26.8 Å². The van der Waals surface area contributed by atoms with Crippen LogP contribution in [-0.4, -0.2) is 61.5 Å². The van der Waals surface area contributed by atoms with Gasteiger partial charge in [0.15, 0.2) is 0 Å². The van der Waals surface area contributed by atoms with Crippen molar-refractivity contribution < 1.29 is 24.6 Å². The van der Waals surface area contributed by atoms with Gasteiger partial charge in [-0.05, 0) is 38.6 Å². The minimum absolute atomic E-state index is 0.250. The van der Waals surface area contributed by atoms with E-state index in [1.807, 2.05) is 27.7 Å². The van der Waals surface area contributed by atoms with Crippen molar-refractivity contribution >= 4 is 12.6 Å². The van der Waals surface area contributed by atoms with E-state index in [1.54, 1.807) is 11.9 Å². The van der Waals surface area contributed by atoms with E-state index in [0.29, 0.717) is 6.61 Å². The number of rotatable bonds is 10. The quantitative estimate of drug-likeness (QED) is 0.339. The van der Waals surface area contributed by atoms with E-state index < -0.39 is 0 Å². The lowest BCUT2D eigenvalue weighted by molar-refractivity contribution is -0.191. The first-order valence-corrected chi connectivity index (χ1v) is 11.3. The van der Waals surface area contributed by atoms with Crippen LogP contribution in [0.25, 0.3) is 0 Å². The Hall–Kier alpha value is -1.27. The topological polar surface area (TPSA) is 121 Å². The molecule has 0 saturated carbocycles. The van der Waals surface area contributed by atoms with E-state index in [4.69, 9.17) is 19.8 Å². The van der Waals surface area contributed by atoms with Gasteiger partial charge < -0.3 is 20.8 Å². The average Bonchev–Trinajstić information content (AvgIpc) is 2.76. The van der Waals surface area contributed by atoms with Crippen LogP contribution in [0.15, 0.2) is 0 Å². The molecule has 0 aromatic carbocycles. The van der Waals surface area contributed by atoms with Gasteiger partial charge in [0.2, 0.25) is 6.41 Å². The van der Waals surface area contributed by atoms with Crippen molar-refractivity contribution in [2.75, 3.05) is 33.9 Å². The van der Waals surface area contributed by atoms with Crippen molar-refractivity contribution in [3.8, 4) is 0 Å². The van der Waals surface area contributed by atoms with E-state index >= 15 is 0 Å². The molecule has 0 aromatic heterocycles. The molecule has 0 aromatic rings. The summed E-state index contributed by atoms with van der Waals surface area (Å²) in [5.41, 5.74) is 4.50. The number of aliphatic hydroxyl groups excluding tert-OH is 2. The molecule has 0 radical (unpaired) electrons. The highest BCUT2D eigenvalue weighted by Gasteiger charge is 1.91. The molecule has 0 saturated heterocycles. The minimum Gasteiger partial charge on any atom is -0.396 e. The van der Waals surface area contributed by atoms with Crippen LogP contribution in [-0.2, 0) is 14.4 Å². The van der Waals surface area contributed by atoms with E-state index in [-0.39, 0.29) is 12.8 Å². The van der Waals surface area contributed by atoms with Crippen LogP contribution < -0.4 is 5.73 Å². The zero-order chi connectivity index (χ0) is 25.6. The number of nitrogens with two attached hydrogens (primary N) is 1. The van der Waals surface area contributed by atoms with Crippen molar-refractivity contribution in [3.05, 3.63) is 0 Å². The van der Waals surface area contributed by atoms with Gasteiger partial charge in [0.25, 0.3) is 0 Å². The van der Waals surface area contributed by atoms with Crippen molar-refractivity contribution in [3.63, 3.8) is 0 Å². The maximum absolute atomic E-state index is 10.0. The summed E-state index contributed by atoms with van der Waals surface area (Å²) in [6.45, 7) is 18.1. The Morgan fingerprint density at radius 1 is 0.833 bits per heavy atom. The van der Waals surface area contributed by atoms with Gasteiger partial charge in [-0.1, -0.05) is 74.7 Å². The van der Waals surface area contributed by atoms with Gasteiger partial charge in [-0.3, -0.25) is 4.79 Å². The summed E-state index contributed by atoms with van der Waals surface area (Å²) in [6.07, 6.45) is 8.57. The number of carbonyl (C=O) groups is 1. The second kappa shape index (κ2) is 70.8. The first-order chi connectivity index (χ1) is 14.4. The molecule has 0 atom stereocenters. The molecule has 0 bridgehead atoms. The number of amides is 1. The number of aliphatic hydroxyl groups is 2. The summed E-state index contributed by atoms with van der Waals surface area (Å²) in [5.74, 6) is 0.833. The Labute approximate surface area is 188 Å². The first kappa shape index (κ1) is 46.8. The highest BCUT2D eigenvalue weighted by molar-refractivity contribution is 5.46. The fourth-order valence-corrected chi connectivity index (χ4v) is 1.24. The minimum atomic E-state index is 0.250. The third-order valence-corrected chi connectivity index (χ3v) is 2.36. The summed E-state index contributed by atoms with van der Waals surface area (Å²) < 4.78 is 0. The third kappa shape index (κ3) is 154. The Bertz CT molecular complexity index is 241. The lowest BCUT2D eigenvalue weighted by atomic mass is 10.2. The van der Waals surface area contributed by atoms with Crippen LogP contribution in [0.3, 0.4) is 0 Å². The molecule has 0 aliphatic carbocycles. The molecule has 0 aliphatic heterocycles. The molecule has 0 rings (SSSR count). The van der Waals surface area contributed by atoms with Gasteiger partial charge >= 0.3 is 6.15 Å². The SMILES string of the molecule is CC.CC.CC(C)C.CCCCCCO.CN.CN(C=O)CCCCCO.O=C=O. The molecule has 0 fully saturated rings. The molecule has 7 heteroatoms. The van der Waals surface area contributed by atoms with Crippen molar-refractivity contribution in [2.45, 2.75) is 100 Å². The summed E-state index contributed by atoms with van der Waals surface area (Å²) >= 11 is 0. The highest BCUT2D eigenvalue weighted by Crippen LogP contribution is 1.96. The smallest absolute Gasteiger partial charge is 0.373 e. The number of unbranched alkanes of at least 4 members (excludes halogenated alkanes) is 5. The molecule has 7 nitrogen and oxygen atoms in total. The molecule has 1 amide bonds.